The van der Waals surface area contributed by atoms with E-state index in [2.05, 4.69) is 69.5 Å². The molecule has 1 aromatic carbocycles. The lowest BCUT2D eigenvalue weighted by Gasteiger charge is -2.18. The van der Waals surface area contributed by atoms with Crippen molar-refractivity contribution in [1.82, 2.24) is 25.4 Å². The Kier molecular flexibility index (Phi) is 6.59. The fraction of sp³-hybridized carbons (Fsp3) is 0.350. The van der Waals surface area contributed by atoms with Crippen molar-refractivity contribution in [2.75, 3.05) is 6.54 Å². The fourth-order valence-electron chi connectivity index (χ4n) is 2.68. The van der Waals surface area contributed by atoms with Crippen LogP contribution >= 0.6 is 11.3 Å². The van der Waals surface area contributed by atoms with Crippen LogP contribution in [-0.4, -0.2) is 27.3 Å². The van der Waals surface area contributed by atoms with Crippen LogP contribution in [0, 0.1) is 6.92 Å². The molecule has 0 amide bonds. The average molecular weight is 383 g/mol. The number of aryl methyl sites for hydroxylation is 1. The number of guanidine groups is 1. The van der Waals surface area contributed by atoms with Crippen molar-refractivity contribution in [3.8, 4) is 0 Å². The summed E-state index contributed by atoms with van der Waals surface area (Å²) >= 11 is 1.78. The van der Waals surface area contributed by atoms with Crippen molar-refractivity contribution >= 4 is 17.3 Å². The fourth-order valence-corrected chi connectivity index (χ4v) is 3.39. The van der Waals surface area contributed by atoms with Gasteiger partial charge in [0.15, 0.2) is 11.8 Å². The van der Waals surface area contributed by atoms with E-state index in [9.17, 15) is 0 Å². The lowest BCUT2D eigenvalue weighted by atomic mass is 10.1. The Morgan fingerprint density at radius 2 is 2.00 bits per heavy atom. The molecule has 2 heterocycles. The van der Waals surface area contributed by atoms with Gasteiger partial charge in [-0.05, 0) is 37.3 Å². The van der Waals surface area contributed by atoms with Crippen molar-refractivity contribution in [1.29, 1.82) is 0 Å². The minimum atomic E-state index is 0.153. The molecule has 3 aromatic rings. The smallest absolute Gasteiger partial charge is 0.192 e. The van der Waals surface area contributed by atoms with Gasteiger partial charge >= 0.3 is 0 Å². The maximum atomic E-state index is 4.73. The second-order valence-electron chi connectivity index (χ2n) is 6.42. The quantitative estimate of drug-likeness (QED) is 0.486. The summed E-state index contributed by atoms with van der Waals surface area (Å²) in [5.74, 6) is 2.51. The van der Waals surface area contributed by atoms with E-state index in [0.29, 0.717) is 6.54 Å². The van der Waals surface area contributed by atoms with Gasteiger partial charge in [0.05, 0.1) is 6.04 Å². The molecule has 6 nitrogen and oxygen atoms in total. The van der Waals surface area contributed by atoms with Crippen LogP contribution in [0.3, 0.4) is 0 Å². The Morgan fingerprint density at radius 3 is 2.67 bits per heavy atom. The van der Waals surface area contributed by atoms with Gasteiger partial charge in [-0.2, -0.15) is 0 Å². The number of benzene rings is 1. The minimum Gasteiger partial charge on any atom is -0.356 e. The average Bonchev–Trinajstić information content (AvgIpc) is 3.31. The highest BCUT2D eigenvalue weighted by Gasteiger charge is 2.09. The Bertz CT molecular complexity index is 854. The summed E-state index contributed by atoms with van der Waals surface area (Å²) in [6, 6.07) is 14.8. The molecule has 0 fully saturated rings. The van der Waals surface area contributed by atoms with E-state index in [1.807, 2.05) is 24.6 Å². The molecule has 2 aromatic heterocycles. The zero-order valence-corrected chi connectivity index (χ0v) is 16.8. The Morgan fingerprint density at radius 1 is 1.19 bits per heavy atom. The molecule has 0 radical (unpaired) electrons. The molecular formula is C20H26N6S. The number of nitrogens with one attached hydrogen (secondary N) is 2. The molecule has 3 rings (SSSR count). The molecule has 0 saturated heterocycles. The molecule has 0 aliphatic rings. The molecule has 0 spiro atoms. The van der Waals surface area contributed by atoms with Crippen molar-refractivity contribution in [2.24, 2.45) is 12.0 Å². The van der Waals surface area contributed by atoms with Gasteiger partial charge in [-0.3, -0.25) is 0 Å². The molecule has 1 atom stereocenters. The molecule has 0 aliphatic heterocycles. The van der Waals surface area contributed by atoms with Gasteiger partial charge in [-0.15, -0.1) is 21.5 Å². The first kappa shape index (κ1) is 19.1. The van der Waals surface area contributed by atoms with Gasteiger partial charge in [0.2, 0.25) is 0 Å². The topological polar surface area (TPSA) is 67.1 Å². The van der Waals surface area contributed by atoms with E-state index in [0.717, 1.165) is 30.6 Å². The summed E-state index contributed by atoms with van der Waals surface area (Å²) in [6.07, 6.45) is 0.973. The molecule has 27 heavy (non-hydrogen) atoms. The third kappa shape index (κ3) is 5.40. The van der Waals surface area contributed by atoms with Gasteiger partial charge in [-0.25, -0.2) is 4.99 Å². The molecular weight excluding hydrogens is 356 g/mol. The molecule has 1 unspecified atom stereocenters. The van der Waals surface area contributed by atoms with Crippen LogP contribution in [0.5, 0.6) is 0 Å². The van der Waals surface area contributed by atoms with Gasteiger partial charge in [-0.1, -0.05) is 36.4 Å². The molecule has 7 heteroatoms. The number of thiophene rings is 1. The first-order chi connectivity index (χ1) is 13.1. The lowest BCUT2D eigenvalue weighted by molar-refractivity contribution is 0.676. The van der Waals surface area contributed by atoms with Crippen molar-refractivity contribution in [2.45, 2.75) is 32.9 Å². The summed E-state index contributed by atoms with van der Waals surface area (Å²) < 4.78 is 1.97. The zero-order valence-electron chi connectivity index (χ0n) is 16.0. The molecule has 0 aliphatic carbocycles. The number of rotatable bonds is 7. The predicted octanol–water partition coefficient (Wildman–Crippen LogP) is 3.22. The molecule has 142 valence electrons. The standard InChI is InChI=1S/C20H26N6S/c1-15(17-8-5-4-6-9-17)23-20(21-12-11-18-10-7-13-27-18)22-14-19-25-24-16(2)26(19)3/h4-10,13,15H,11-12,14H2,1-3H3,(H2,21,22,23). The monoisotopic (exact) mass is 382 g/mol. The SMILES string of the molecule is Cc1nnc(CN=C(NCCc2cccs2)NC(C)c2ccccc2)n1C. The number of aromatic nitrogens is 3. The molecule has 0 saturated carbocycles. The van der Waals surface area contributed by atoms with Gasteiger partial charge in [0, 0.05) is 18.5 Å². The van der Waals surface area contributed by atoms with E-state index in [1.54, 1.807) is 11.3 Å². The summed E-state index contributed by atoms with van der Waals surface area (Å²) in [5, 5.41) is 17.3. The third-order valence-corrected chi connectivity index (χ3v) is 5.39. The van der Waals surface area contributed by atoms with Crippen LogP contribution in [0.1, 0.15) is 35.1 Å². The maximum absolute atomic E-state index is 4.73. The van der Waals surface area contributed by atoms with Crippen molar-refractivity contribution in [3.63, 3.8) is 0 Å². The first-order valence-electron chi connectivity index (χ1n) is 9.10. The molecule has 0 bridgehead atoms. The molecule has 2 N–H and O–H groups in total. The predicted molar refractivity (Wildman–Crippen MR) is 111 cm³/mol. The normalized spacial score (nSPS) is 12.8. The van der Waals surface area contributed by atoms with Crippen LogP contribution in [0.4, 0.5) is 0 Å². The van der Waals surface area contributed by atoms with Crippen LogP contribution in [-0.2, 0) is 20.0 Å². The van der Waals surface area contributed by atoms with Crippen LogP contribution in [0.2, 0.25) is 0 Å². The Hall–Kier alpha value is -2.67. The highest BCUT2D eigenvalue weighted by atomic mass is 32.1. The second kappa shape index (κ2) is 9.32. The first-order valence-corrected chi connectivity index (χ1v) is 9.98. The maximum Gasteiger partial charge on any atom is 0.192 e. The van der Waals surface area contributed by atoms with E-state index in [1.165, 1.54) is 10.4 Å². The largest absolute Gasteiger partial charge is 0.356 e. The van der Waals surface area contributed by atoms with E-state index < -0.39 is 0 Å². The number of hydrogen-bond donors (Lipinski definition) is 2. The second-order valence-corrected chi connectivity index (χ2v) is 7.45. The van der Waals surface area contributed by atoms with Crippen molar-refractivity contribution in [3.05, 3.63) is 69.9 Å². The third-order valence-electron chi connectivity index (χ3n) is 4.46. The van der Waals surface area contributed by atoms with E-state index >= 15 is 0 Å². The van der Waals surface area contributed by atoms with E-state index in [4.69, 9.17) is 4.99 Å². The number of aliphatic imine (C=N–C) groups is 1. The van der Waals surface area contributed by atoms with Crippen LogP contribution in [0.15, 0.2) is 52.8 Å². The van der Waals surface area contributed by atoms with Crippen LogP contribution in [0.25, 0.3) is 0 Å². The van der Waals surface area contributed by atoms with Gasteiger partial charge in [0.25, 0.3) is 0 Å². The van der Waals surface area contributed by atoms with Gasteiger partial charge in [0.1, 0.15) is 12.4 Å². The minimum absolute atomic E-state index is 0.153. The summed E-state index contributed by atoms with van der Waals surface area (Å²) in [6.45, 7) is 5.38. The highest BCUT2D eigenvalue weighted by Crippen LogP contribution is 2.11. The Labute approximate surface area is 164 Å². The highest BCUT2D eigenvalue weighted by molar-refractivity contribution is 7.09. The van der Waals surface area contributed by atoms with Gasteiger partial charge < -0.3 is 15.2 Å². The van der Waals surface area contributed by atoms with Crippen LogP contribution < -0.4 is 10.6 Å². The lowest BCUT2D eigenvalue weighted by Crippen LogP contribution is -2.39. The van der Waals surface area contributed by atoms with E-state index in [-0.39, 0.29) is 6.04 Å². The Balaban J connectivity index is 1.66. The number of hydrogen-bond acceptors (Lipinski definition) is 4. The zero-order chi connectivity index (χ0) is 19.1. The van der Waals surface area contributed by atoms with Crippen molar-refractivity contribution < 1.29 is 0 Å². The summed E-state index contributed by atoms with van der Waals surface area (Å²) in [4.78, 5) is 6.09. The summed E-state index contributed by atoms with van der Waals surface area (Å²) in [5.41, 5.74) is 1.22. The summed E-state index contributed by atoms with van der Waals surface area (Å²) in [7, 11) is 1.96. The number of nitrogens with zero attached hydrogens (tertiary/aromatic N) is 4.